The van der Waals surface area contributed by atoms with E-state index in [-0.39, 0.29) is 35.9 Å². The van der Waals surface area contributed by atoms with Crippen LogP contribution < -0.4 is 10.6 Å². The van der Waals surface area contributed by atoms with Crippen LogP contribution >= 0.6 is 39.9 Å². The fourth-order valence-electron chi connectivity index (χ4n) is 2.65. The van der Waals surface area contributed by atoms with E-state index in [1.165, 1.54) is 0 Å². The number of guanidine groups is 1. The maximum atomic E-state index is 11.8. The largest absolute Gasteiger partial charge is 0.357 e. The normalized spacial score (nSPS) is 17.4. The average molecular weight is 509 g/mol. The molecule has 1 aliphatic heterocycles. The van der Waals surface area contributed by atoms with Gasteiger partial charge in [0.25, 0.3) is 0 Å². The van der Waals surface area contributed by atoms with Crippen LogP contribution in [0.4, 0.5) is 0 Å². The van der Waals surface area contributed by atoms with Crippen molar-refractivity contribution in [3.8, 4) is 0 Å². The van der Waals surface area contributed by atoms with E-state index in [1.807, 2.05) is 24.0 Å². The molecule has 1 aromatic rings. The Morgan fingerprint density at radius 3 is 2.88 bits per heavy atom. The van der Waals surface area contributed by atoms with Gasteiger partial charge in [0.1, 0.15) is 0 Å². The standard InChI is InChI=1S/C17H25BrN4O.HI/c1-3-16(23)22-9-8-15(12-22)21-17(19-4-2)20-11-13-6-5-7-14(18)10-13;/h5-7,10,15H,3-4,8-9,11-12H2,1-2H3,(H2,19,20,21);1H. The van der Waals surface area contributed by atoms with Crippen LogP contribution in [0, 0.1) is 0 Å². The van der Waals surface area contributed by atoms with Crippen molar-refractivity contribution in [2.45, 2.75) is 39.3 Å². The van der Waals surface area contributed by atoms with Crippen molar-refractivity contribution < 1.29 is 4.79 Å². The molecule has 1 atom stereocenters. The molecule has 2 N–H and O–H groups in total. The zero-order valence-electron chi connectivity index (χ0n) is 14.2. The highest BCUT2D eigenvalue weighted by Gasteiger charge is 2.25. The molecule has 1 fully saturated rings. The first-order valence-electron chi connectivity index (χ1n) is 8.19. The molecule has 0 saturated carbocycles. The summed E-state index contributed by atoms with van der Waals surface area (Å²) in [6, 6.07) is 8.43. The monoisotopic (exact) mass is 508 g/mol. The molecule has 1 heterocycles. The molecule has 0 aromatic heterocycles. The molecule has 0 bridgehead atoms. The Morgan fingerprint density at radius 1 is 1.42 bits per heavy atom. The van der Waals surface area contributed by atoms with Gasteiger partial charge in [-0.05, 0) is 31.0 Å². The molecule has 1 amide bonds. The molecule has 1 aliphatic rings. The number of aliphatic imine (C=N–C) groups is 1. The van der Waals surface area contributed by atoms with Crippen LogP contribution in [-0.2, 0) is 11.3 Å². The molecule has 134 valence electrons. The topological polar surface area (TPSA) is 56.7 Å². The minimum absolute atomic E-state index is 0. The quantitative estimate of drug-likeness (QED) is 0.365. The number of halogens is 2. The van der Waals surface area contributed by atoms with Crippen molar-refractivity contribution in [1.82, 2.24) is 15.5 Å². The van der Waals surface area contributed by atoms with Crippen molar-refractivity contribution in [3.63, 3.8) is 0 Å². The third-order valence-electron chi connectivity index (χ3n) is 3.84. The lowest BCUT2D eigenvalue weighted by Gasteiger charge is -2.18. The van der Waals surface area contributed by atoms with Gasteiger partial charge in [0.15, 0.2) is 5.96 Å². The Balaban J connectivity index is 0.00000288. The number of carbonyl (C=O) groups excluding carboxylic acids is 1. The third-order valence-corrected chi connectivity index (χ3v) is 4.33. The first kappa shape index (κ1) is 21.2. The predicted octanol–water partition coefficient (Wildman–Crippen LogP) is 3.13. The van der Waals surface area contributed by atoms with E-state index < -0.39 is 0 Å². The predicted molar refractivity (Wildman–Crippen MR) is 113 cm³/mol. The van der Waals surface area contributed by atoms with Gasteiger partial charge in [0, 0.05) is 36.6 Å². The van der Waals surface area contributed by atoms with Crippen molar-refractivity contribution >= 4 is 51.8 Å². The molecule has 0 aliphatic carbocycles. The van der Waals surface area contributed by atoms with Gasteiger partial charge in [0.05, 0.1) is 6.54 Å². The van der Waals surface area contributed by atoms with Gasteiger partial charge < -0.3 is 15.5 Å². The molecule has 7 heteroatoms. The van der Waals surface area contributed by atoms with E-state index in [2.05, 4.69) is 50.6 Å². The minimum Gasteiger partial charge on any atom is -0.357 e. The number of hydrogen-bond acceptors (Lipinski definition) is 2. The van der Waals surface area contributed by atoms with Gasteiger partial charge in [-0.15, -0.1) is 24.0 Å². The number of hydrogen-bond donors (Lipinski definition) is 2. The maximum Gasteiger partial charge on any atom is 0.222 e. The summed E-state index contributed by atoms with van der Waals surface area (Å²) < 4.78 is 1.06. The van der Waals surface area contributed by atoms with Gasteiger partial charge in [-0.2, -0.15) is 0 Å². The second kappa shape index (κ2) is 10.9. The van der Waals surface area contributed by atoms with Crippen molar-refractivity contribution in [2.75, 3.05) is 19.6 Å². The molecule has 24 heavy (non-hydrogen) atoms. The molecule has 1 unspecified atom stereocenters. The van der Waals surface area contributed by atoms with Crippen LogP contribution in [0.5, 0.6) is 0 Å². The summed E-state index contributed by atoms with van der Waals surface area (Å²) in [5.74, 6) is 1.04. The van der Waals surface area contributed by atoms with E-state index >= 15 is 0 Å². The van der Waals surface area contributed by atoms with E-state index in [9.17, 15) is 4.79 Å². The number of likely N-dealkylation sites (tertiary alicyclic amines) is 1. The SMILES string of the molecule is CCNC(=NCc1cccc(Br)c1)NC1CCN(C(=O)CC)C1.I. The number of rotatable bonds is 5. The van der Waals surface area contributed by atoms with Gasteiger partial charge in [-0.1, -0.05) is 35.0 Å². The Morgan fingerprint density at radius 2 is 2.21 bits per heavy atom. The van der Waals surface area contributed by atoms with Crippen LogP contribution in [0.25, 0.3) is 0 Å². The lowest BCUT2D eigenvalue weighted by atomic mass is 10.2. The first-order chi connectivity index (χ1) is 11.1. The summed E-state index contributed by atoms with van der Waals surface area (Å²) >= 11 is 3.48. The Hall–Kier alpha value is -0.830. The molecule has 5 nitrogen and oxygen atoms in total. The minimum atomic E-state index is 0. The first-order valence-corrected chi connectivity index (χ1v) is 8.98. The summed E-state index contributed by atoms with van der Waals surface area (Å²) in [5.41, 5.74) is 1.16. The summed E-state index contributed by atoms with van der Waals surface area (Å²) in [4.78, 5) is 18.3. The summed E-state index contributed by atoms with van der Waals surface area (Å²) in [6.07, 6.45) is 1.54. The summed E-state index contributed by atoms with van der Waals surface area (Å²) in [6.45, 7) is 6.99. The maximum absolute atomic E-state index is 11.8. The summed E-state index contributed by atoms with van der Waals surface area (Å²) in [7, 11) is 0. The third kappa shape index (κ3) is 6.58. The Bertz CT molecular complexity index is 567. The Labute approximate surface area is 169 Å². The molecule has 1 aromatic carbocycles. The van der Waals surface area contributed by atoms with Crippen LogP contribution in [0.15, 0.2) is 33.7 Å². The summed E-state index contributed by atoms with van der Waals surface area (Å²) in [5, 5.41) is 6.72. The fourth-order valence-corrected chi connectivity index (χ4v) is 3.09. The van der Waals surface area contributed by atoms with Crippen LogP contribution in [0.2, 0.25) is 0 Å². The molecule has 0 spiro atoms. The van der Waals surface area contributed by atoms with E-state index in [0.29, 0.717) is 13.0 Å². The highest BCUT2D eigenvalue weighted by molar-refractivity contribution is 14.0. The smallest absolute Gasteiger partial charge is 0.222 e. The van der Waals surface area contributed by atoms with Crippen molar-refractivity contribution in [3.05, 3.63) is 34.3 Å². The van der Waals surface area contributed by atoms with Gasteiger partial charge in [-0.25, -0.2) is 4.99 Å². The zero-order valence-corrected chi connectivity index (χ0v) is 18.1. The van der Waals surface area contributed by atoms with Crippen LogP contribution in [-0.4, -0.2) is 42.4 Å². The van der Waals surface area contributed by atoms with Gasteiger partial charge in [-0.3, -0.25) is 4.79 Å². The molecule has 1 saturated heterocycles. The number of nitrogens with zero attached hydrogens (tertiary/aromatic N) is 2. The van der Waals surface area contributed by atoms with E-state index in [1.54, 1.807) is 0 Å². The zero-order chi connectivity index (χ0) is 16.7. The molecule has 0 radical (unpaired) electrons. The number of benzene rings is 1. The lowest BCUT2D eigenvalue weighted by molar-refractivity contribution is -0.129. The second-order valence-electron chi connectivity index (χ2n) is 5.65. The Kier molecular flexibility index (Phi) is 9.65. The van der Waals surface area contributed by atoms with Gasteiger partial charge >= 0.3 is 0 Å². The van der Waals surface area contributed by atoms with Crippen LogP contribution in [0.1, 0.15) is 32.3 Å². The number of nitrogens with one attached hydrogen (secondary N) is 2. The van der Waals surface area contributed by atoms with E-state index in [4.69, 9.17) is 0 Å². The number of amides is 1. The van der Waals surface area contributed by atoms with Crippen LogP contribution in [0.3, 0.4) is 0 Å². The average Bonchev–Trinajstić information content (AvgIpc) is 3.01. The van der Waals surface area contributed by atoms with Crippen molar-refractivity contribution in [1.29, 1.82) is 0 Å². The molecular weight excluding hydrogens is 483 g/mol. The highest BCUT2D eigenvalue weighted by Crippen LogP contribution is 2.13. The van der Waals surface area contributed by atoms with E-state index in [0.717, 1.165) is 42.1 Å². The molecular formula is C17H26BrIN4O. The van der Waals surface area contributed by atoms with Crippen molar-refractivity contribution in [2.24, 2.45) is 4.99 Å². The second-order valence-corrected chi connectivity index (χ2v) is 6.56. The lowest BCUT2D eigenvalue weighted by Crippen LogP contribution is -2.45. The van der Waals surface area contributed by atoms with Gasteiger partial charge in [0.2, 0.25) is 5.91 Å². The molecule has 2 rings (SSSR count). The fraction of sp³-hybridized carbons (Fsp3) is 0.529. The number of carbonyl (C=O) groups is 1. The highest BCUT2D eigenvalue weighted by atomic mass is 127.